The Labute approximate surface area is 173 Å². The van der Waals surface area contributed by atoms with E-state index in [0.29, 0.717) is 13.1 Å². The van der Waals surface area contributed by atoms with Gasteiger partial charge in [0, 0.05) is 44.4 Å². The number of rotatable bonds is 2. The van der Waals surface area contributed by atoms with Crippen LogP contribution in [-0.4, -0.2) is 47.3 Å². The van der Waals surface area contributed by atoms with Crippen LogP contribution in [-0.2, 0) is 16.0 Å². The van der Waals surface area contributed by atoms with Crippen molar-refractivity contribution in [1.82, 2.24) is 9.80 Å². The molecular weight excluding hydrogens is 360 g/mol. The Hall–Kier alpha value is -2.62. The summed E-state index contributed by atoms with van der Waals surface area (Å²) >= 11 is 0. The molecule has 4 rings (SSSR count). The van der Waals surface area contributed by atoms with Gasteiger partial charge in [0.05, 0.1) is 0 Å². The molecule has 1 fully saturated rings. The van der Waals surface area contributed by atoms with Gasteiger partial charge in [0.25, 0.3) is 0 Å². The van der Waals surface area contributed by atoms with Gasteiger partial charge in [0.1, 0.15) is 0 Å². The van der Waals surface area contributed by atoms with E-state index in [1.165, 1.54) is 16.7 Å². The van der Waals surface area contributed by atoms with Crippen LogP contribution in [0.15, 0.2) is 54.6 Å². The summed E-state index contributed by atoms with van der Waals surface area (Å²) in [5, 5.41) is 0. The Morgan fingerprint density at radius 3 is 2.24 bits per heavy atom. The smallest absolute Gasteiger partial charge is 0.226 e. The van der Waals surface area contributed by atoms with E-state index in [4.69, 9.17) is 0 Å². The highest BCUT2D eigenvalue weighted by molar-refractivity contribution is 5.80. The minimum absolute atomic E-state index is 0.0192. The molecule has 4 heteroatoms. The summed E-state index contributed by atoms with van der Waals surface area (Å²) in [6.07, 6.45) is 2.43. The number of nitrogens with zero attached hydrogens (tertiary/aromatic N) is 2. The summed E-state index contributed by atoms with van der Waals surface area (Å²) in [6.45, 7) is 5.95. The van der Waals surface area contributed by atoms with Crippen molar-refractivity contribution < 1.29 is 9.59 Å². The molecule has 2 aromatic carbocycles. The lowest BCUT2D eigenvalue weighted by Gasteiger charge is -2.38. The van der Waals surface area contributed by atoms with Gasteiger partial charge < -0.3 is 9.80 Å². The molecule has 2 atom stereocenters. The van der Waals surface area contributed by atoms with Crippen molar-refractivity contribution in [2.45, 2.75) is 45.1 Å². The molecule has 2 aliphatic heterocycles. The average molecular weight is 391 g/mol. The van der Waals surface area contributed by atoms with Crippen LogP contribution in [0.3, 0.4) is 0 Å². The highest BCUT2D eigenvalue weighted by atomic mass is 16.2. The third-order valence-electron chi connectivity index (χ3n) is 6.72. The molecule has 0 aliphatic carbocycles. The predicted molar refractivity (Wildman–Crippen MR) is 115 cm³/mol. The molecule has 1 saturated heterocycles. The van der Waals surface area contributed by atoms with Gasteiger partial charge >= 0.3 is 0 Å². The van der Waals surface area contributed by atoms with E-state index in [2.05, 4.69) is 60.4 Å². The van der Waals surface area contributed by atoms with E-state index < -0.39 is 0 Å². The van der Waals surface area contributed by atoms with Crippen molar-refractivity contribution in [1.29, 1.82) is 0 Å². The van der Waals surface area contributed by atoms with E-state index in [-0.39, 0.29) is 29.7 Å². The molecule has 2 aromatic rings. The Kier molecular flexibility index (Phi) is 5.70. The van der Waals surface area contributed by atoms with Gasteiger partial charge in [-0.25, -0.2) is 0 Å². The molecule has 0 spiro atoms. The van der Waals surface area contributed by atoms with Gasteiger partial charge in [0.2, 0.25) is 11.8 Å². The summed E-state index contributed by atoms with van der Waals surface area (Å²) < 4.78 is 0. The zero-order valence-electron chi connectivity index (χ0n) is 17.4. The van der Waals surface area contributed by atoms with Crippen LogP contribution < -0.4 is 0 Å². The quantitative estimate of drug-likeness (QED) is 0.781. The first kappa shape index (κ1) is 19.7. The number of carbonyl (C=O) groups is 2. The Bertz CT molecular complexity index is 871. The normalized spacial score (nSPS) is 22.7. The Morgan fingerprint density at radius 1 is 0.897 bits per heavy atom. The van der Waals surface area contributed by atoms with Gasteiger partial charge in [0.15, 0.2) is 0 Å². The first-order valence-electron chi connectivity index (χ1n) is 10.7. The van der Waals surface area contributed by atoms with Gasteiger partial charge in [-0.3, -0.25) is 9.59 Å². The fourth-order valence-electron chi connectivity index (χ4n) is 5.05. The molecule has 0 aromatic heterocycles. The van der Waals surface area contributed by atoms with Crippen molar-refractivity contribution in [3.63, 3.8) is 0 Å². The molecule has 0 bridgehead atoms. The van der Waals surface area contributed by atoms with Crippen molar-refractivity contribution in [3.05, 3.63) is 71.3 Å². The number of hydrogen-bond acceptors (Lipinski definition) is 2. The molecule has 0 unspecified atom stereocenters. The van der Waals surface area contributed by atoms with E-state index in [1.54, 1.807) is 6.92 Å². The van der Waals surface area contributed by atoms with Crippen LogP contribution >= 0.6 is 0 Å². The molecule has 0 saturated carbocycles. The summed E-state index contributed by atoms with van der Waals surface area (Å²) in [6, 6.07) is 19.3. The number of amides is 2. The first-order valence-corrected chi connectivity index (χ1v) is 10.7. The second kappa shape index (κ2) is 8.40. The summed E-state index contributed by atoms with van der Waals surface area (Å²) in [4.78, 5) is 29.2. The minimum Gasteiger partial charge on any atom is -0.343 e. The molecule has 4 nitrogen and oxygen atoms in total. The second-order valence-corrected chi connectivity index (χ2v) is 8.39. The maximum absolute atomic E-state index is 13.5. The van der Waals surface area contributed by atoms with Crippen LogP contribution in [0.1, 0.15) is 49.3 Å². The van der Waals surface area contributed by atoms with Crippen molar-refractivity contribution in [3.8, 4) is 0 Å². The Balaban J connectivity index is 1.61. The van der Waals surface area contributed by atoms with E-state index in [9.17, 15) is 9.59 Å². The molecule has 2 amide bonds. The first-order chi connectivity index (χ1) is 14.1. The SMILES string of the molecule is CC(=O)N1CCC(C(=O)N2CCc3ccccc3[C@H](c3ccccc3)[C@H]2C)CC1. The average Bonchev–Trinajstić information content (AvgIpc) is 2.90. The zero-order valence-corrected chi connectivity index (χ0v) is 17.4. The maximum atomic E-state index is 13.5. The van der Waals surface area contributed by atoms with Crippen molar-refractivity contribution in [2.24, 2.45) is 5.92 Å². The van der Waals surface area contributed by atoms with E-state index in [0.717, 1.165) is 25.8 Å². The highest BCUT2D eigenvalue weighted by Crippen LogP contribution is 2.37. The summed E-state index contributed by atoms with van der Waals surface area (Å²) in [5.74, 6) is 0.565. The molecular formula is C25H30N2O2. The standard InChI is InChI=1S/C25H30N2O2/c1-18-24(21-9-4-3-5-10-21)23-11-7-6-8-20(23)14-17-27(18)25(29)22-12-15-26(16-13-22)19(2)28/h3-11,18,22,24H,12-17H2,1-2H3/t18-,24+/m1/s1. The maximum Gasteiger partial charge on any atom is 0.226 e. The predicted octanol–water partition coefficient (Wildman–Crippen LogP) is 3.85. The zero-order chi connectivity index (χ0) is 20.4. The van der Waals surface area contributed by atoms with Crippen LogP contribution in [0.2, 0.25) is 0 Å². The molecule has 0 radical (unpaired) electrons. The molecule has 152 valence electrons. The number of carbonyl (C=O) groups excluding carboxylic acids is 2. The van der Waals surface area contributed by atoms with Gasteiger partial charge in [-0.1, -0.05) is 54.6 Å². The second-order valence-electron chi connectivity index (χ2n) is 8.39. The fraction of sp³-hybridized carbons (Fsp3) is 0.440. The fourth-order valence-corrected chi connectivity index (χ4v) is 5.05. The minimum atomic E-state index is 0.0192. The van der Waals surface area contributed by atoms with Crippen molar-refractivity contribution in [2.75, 3.05) is 19.6 Å². The van der Waals surface area contributed by atoms with Crippen LogP contribution in [0.4, 0.5) is 0 Å². The molecule has 29 heavy (non-hydrogen) atoms. The third kappa shape index (κ3) is 3.93. The number of benzene rings is 2. The van der Waals surface area contributed by atoms with Crippen LogP contribution in [0, 0.1) is 5.92 Å². The van der Waals surface area contributed by atoms with E-state index in [1.807, 2.05) is 11.0 Å². The third-order valence-corrected chi connectivity index (χ3v) is 6.72. The van der Waals surface area contributed by atoms with Crippen molar-refractivity contribution >= 4 is 11.8 Å². The van der Waals surface area contributed by atoms with Gasteiger partial charge in [-0.2, -0.15) is 0 Å². The van der Waals surface area contributed by atoms with Crippen LogP contribution in [0.25, 0.3) is 0 Å². The lowest BCUT2D eigenvalue weighted by atomic mass is 9.83. The summed E-state index contributed by atoms with van der Waals surface area (Å²) in [7, 11) is 0. The largest absolute Gasteiger partial charge is 0.343 e. The van der Waals surface area contributed by atoms with Crippen LogP contribution in [0.5, 0.6) is 0 Å². The molecule has 2 heterocycles. The molecule has 0 N–H and O–H groups in total. The van der Waals surface area contributed by atoms with Gasteiger partial charge in [-0.15, -0.1) is 0 Å². The van der Waals surface area contributed by atoms with Gasteiger partial charge in [-0.05, 0) is 42.9 Å². The Morgan fingerprint density at radius 2 is 1.55 bits per heavy atom. The monoisotopic (exact) mass is 390 g/mol. The topological polar surface area (TPSA) is 40.6 Å². The summed E-state index contributed by atoms with van der Waals surface area (Å²) in [5.41, 5.74) is 3.95. The molecule has 2 aliphatic rings. The number of piperidine rings is 1. The number of likely N-dealkylation sites (tertiary alicyclic amines) is 1. The van der Waals surface area contributed by atoms with E-state index >= 15 is 0 Å². The highest BCUT2D eigenvalue weighted by Gasteiger charge is 2.37. The lowest BCUT2D eigenvalue weighted by molar-refractivity contribution is -0.141. The number of hydrogen-bond donors (Lipinski definition) is 0. The number of fused-ring (bicyclic) bond motifs is 1. The lowest BCUT2D eigenvalue weighted by Crippen LogP contribution is -2.48.